The summed E-state index contributed by atoms with van der Waals surface area (Å²) in [4.78, 5) is 23.0. The molecule has 1 aromatic rings. The summed E-state index contributed by atoms with van der Waals surface area (Å²) in [6.45, 7) is 1.72. The van der Waals surface area contributed by atoms with E-state index in [4.69, 9.17) is 5.11 Å². The number of carbonyl (C=O) groups excluding carboxylic acids is 1. The van der Waals surface area contributed by atoms with Crippen molar-refractivity contribution < 1.29 is 14.7 Å². The largest absolute Gasteiger partial charge is 0.478 e. The van der Waals surface area contributed by atoms with Gasteiger partial charge in [0.2, 0.25) is 0 Å². The monoisotopic (exact) mass is 288 g/mol. The van der Waals surface area contributed by atoms with Crippen molar-refractivity contribution in [2.45, 2.75) is 38.6 Å². The van der Waals surface area contributed by atoms with E-state index in [0.29, 0.717) is 23.2 Å². The predicted octanol–water partition coefficient (Wildman–Crippen LogP) is 3.00. The van der Waals surface area contributed by atoms with Crippen LogP contribution in [0.25, 0.3) is 0 Å². The quantitative estimate of drug-likeness (QED) is 0.800. The fourth-order valence-electron chi connectivity index (χ4n) is 3.74. The summed E-state index contributed by atoms with van der Waals surface area (Å²) in [5.74, 6) is 0.472. The second-order valence-electron chi connectivity index (χ2n) is 6.21. The molecule has 112 valence electrons. The molecule has 0 spiro atoms. The fraction of sp³-hybridized carbons (Fsp3) is 0.500. The van der Waals surface area contributed by atoms with E-state index in [1.165, 1.54) is 25.3 Å². The number of carbonyl (C=O) groups is 2. The molecule has 2 amide bonds. The first-order valence-electron chi connectivity index (χ1n) is 7.44. The van der Waals surface area contributed by atoms with Crippen LogP contribution in [0.4, 0.5) is 10.5 Å². The van der Waals surface area contributed by atoms with E-state index in [9.17, 15) is 9.59 Å². The van der Waals surface area contributed by atoms with Gasteiger partial charge < -0.3 is 15.7 Å². The molecule has 2 saturated carbocycles. The summed E-state index contributed by atoms with van der Waals surface area (Å²) in [5, 5.41) is 14.8. The van der Waals surface area contributed by atoms with E-state index >= 15 is 0 Å². The molecule has 2 fully saturated rings. The smallest absolute Gasteiger partial charge is 0.335 e. The molecule has 3 atom stereocenters. The van der Waals surface area contributed by atoms with E-state index in [2.05, 4.69) is 10.6 Å². The molecule has 5 nitrogen and oxygen atoms in total. The Hall–Kier alpha value is -2.04. The first-order valence-corrected chi connectivity index (χ1v) is 7.44. The van der Waals surface area contributed by atoms with Gasteiger partial charge in [0.1, 0.15) is 0 Å². The van der Waals surface area contributed by atoms with E-state index in [1.54, 1.807) is 19.1 Å². The van der Waals surface area contributed by atoms with Crippen LogP contribution in [0.2, 0.25) is 0 Å². The number of fused-ring (bicyclic) bond motifs is 2. The Morgan fingerprint density at radius 2 is 2.05 bits per heavy atom. The van der Waals surface area contributed by atoms with Crippen molar-refractivity contribution in [3.05, 3.63) is 29.3 Å². The second kappa shape index (κ2) is 5.39. The zero-order valence-corrected chi connectivity index (χ0v) is 12.1. The lowest BCUT2D eigenvalue weighted by Gasteiger charge is -2.23. The number of aryl methyl sites for hydroxylation is 1. The number of carboxylic acid groups (broad SMARTS) is 1. The molecule has 2 bridgehead atoms. The van der Waals surface area contributed by atoms with Gasteiger partial charge in [-0.25, -0.2) is 9.59 Å². The van der Waals surface area contributed by atoms with E-state index in [0.717, 1.165) is 12.3 Å². The van der Waals surface area contributed by atoms with Gasteiger partial charge in [0.25, 0.3) is 0 Å². The first kappa shape index (κ1) is 13.9. The van der Waals surface area contributed by atoms with Crippen LogP contribution in [0.5, 0.6) is 0 Å². The number of urea groups is 1. The number of hydrogen-bond donors (Lipinski definition) is 3. The lowest BCUT2D eigenvalue weighted by atomic mass is 9.95. The van der Waals surface area contributed by atoms with Crippen LogP contribution in [0.1, 0.15) is 41.6 Å². The Morgan fingerprint density at radius 1 is 1.24 bits per heavy atom. The summed E-state index contributed by atoms with van der Waals surface area (Å²) in [5.41, 5.74) is 1.52. The minimum Gasteiger partial charge on any atom is -0.478 e. The summed E-state index contributed by atoms with van der Waals surface area (Å²) >= 11 is 0. The number of amides is 2. The summed E-state index contributed by atoms with van der Waals surface area (Å²) in [6, 6.07) is 4.92. The van der Waals surface area contributed by atoms with Gasteiger partial charge >= 0.3 is 12.0 Å². The molecule has 0 radical (unpaired) electrons. The van der Waals surface area contributed by atoms with Crippen LogP contribution in [0, 0.1) is 18.8 Å². The van der Waals surface area contributed by atoms with Crippen LogP contribution in [-0.2, 0) is 0 Å². The maximum absolute atomic E-state index is 12.0. The molecule has 3 N–H and O–H groups in total. The number of carboxylic acids is 1. The van der Waals surface area contributed by atoms with Crippen molar-refractivity contribution >= 4 is 17.7 Å². The highest BCUT2D eigenvalue weighted by molar-refractivity contribution is 5.92. The van der Waals surface area contributed by atoms with E-state index in [1.807, 2.05) is 0 Å². The Balaban J connectivity index is 1.60. The van der Waals surface area contributed by atoms with Gasteiger partial charge in [0.15, 0.2) is 0 Å². The van der Waals surface area contributed by atoms with Gasteiger partial charge in [0.05, 0.1) is 5.56 Å². The number of aromatic carboxylic acids is 1. The molecule has 0 saturated heterocycles. The molecule has 21 heavy (non-hydrogen) atoms. The van der Waals surface area contributed by atoms with Gasteiger partial charge in [0, 0.05) is 11.7 Å². The molecular weight excluding hydrogens is 268 g/mol. The predicted molar refractivity (Wildman–Crippen MR) is 79.5 cm³/mol. The fourth-order valence-corrected chi connectivity index (χ4v) is 3.74. The number of nitrogens with one attached hydrogen (secondary N) is 2. The summed E-state index contributed by atoms with van der Waals surface area (Å²) in [7, 11) is 0. The average Bonchev–Trinajstić information content (AvgIpc) is 3.00. The Bertz CT molecular complexity index is 585. The van der Waals surface area contributed by atoms with Crippen molar-refractivity contribution in [3.8, 4) is 0 Å². The van der Waals surface area contributed by atoms with Crippen LogP contribution in [0.3, 0.4) is 0 Å². The zero-order chi connectivity index (χ0) is 15.0. The normalized spacial score (nSPS) is 26.6. The third-order valence-electron chi connectivity index (χ3n) is 4.77. The standard InChI is InChI=1S/C16H20N2O3/c1-9-6-12(4-5-13(9)15(19)20)17-16(21)18-14-8-10-2-3-11(14)7-10/h4-6,10-11,14H,2-3,7-8H2,1H3,(H,19,20)(H2,17,18,21). The Kier molecular flexibility index (Phi) is 3.57. The molecule has 5 heteroatoms. The Morgan fingerprint density at radius 3 is 2.62 bits per heavy atom. The second-order valence-corrected chi connectivity index (χ2v) is 6.21. The highest BCUT2D eigenvalue weighted by atomic mass is 16.4. The third-order valence-corrected chi connectivity index (χ3v) is 4.77. The molecule has 0 heterocycles. The van der Waals surface area contributed by atoms with Gasteiger partial charge in [-0.15, -0.1) is 0 Å². The number of rotatable bonds is 3. The van der Waals surface area contributed by atoms with Crippen LogP contribution >= 0.6 is 0 Å². The molecule has 1 aromatic carbocycles. The van der Waals surface area contributed by atoms with Crippen LogP contribution in [0.15, 0.2) is 18.2 Å². The molecule has 0 aliphatic heterocycles. The van der Waals surface area contributed by atoms with Crippen LogP contribution < -0.4 is 10.6 Å². The topological polar surface area (TPSA) is 78.4 Å². The van der Waals surface area contributed by atoms with Crippen molar-refractivity contribution in [1.29, 1.82) is 0 Å². The van der Waals surface area contributed by atoms with Crippen molar-refractivity contribution in [2.24, 2.45) is 11.8 Å². The summed E-state index contributed by atoms with van der Waals surface area (Å²) < 4.78 is 0. The van der Waals surface area contributed by atoms with E-state index < -0.39 is 5.97 Å². The van der Waals surface area contributed by atoms with Gasteiger partial charge in [-0.2, -0.15) is 0 Å². The minimum absolute atomic E-state index is 0.199. The molecule has 2 aliphatic rings. The third kappa shape index (κ3) is 2.86. The number of hydrogen-bond acceptors (Lipinski definition) is 2. The van der Waals surface area contributed by atoms with Crippen molar-refractivity contribution in [1.82, 2.24) is 5.32 Å². The Labute approximate surface area is 123 Å². The minimum atomic E-state index is -0.953. The van der Waals surface area contributed by atoms with Crippen LogP contribution in [-0.4, -0.2) is 23.1 Å². The lowest BCUT2D eigenvalue weighted by Crippen LogP contribution is -2.41. The first-order chi connectivity index (χ1) is 10.0. The maximum Gasteiger partial charge on any atom is 0.335 e. The number of anilines is 1. The zero-order valence-electron chi connectivity index (χ0n) is 12.1. The lowest BCUT2D eigenvalue weighted by molar-refractivity contribution is 0.0696. The summed E-state index contributed by atoms with van der Waals surface area (Å²) in [6.07, 6.45) is 4.87. The van der Waals surface area contributed by atoms with Crippen molar-refractivity contribution in [2.75, 3.05) is 5.32 Å². The van der Waals surface area contributed by atoms with Gasteiger partial charge in [-0.3, -0.25) is 0 Å². The molecule has 3 unspecified atom stereocenters. The van der Waals surface area contributed by atoms with Crippen molar-refractivity contribution in [3.63, 3.8) is 0 Å². The van der Waals surface area contributed by atoms with Gasteiger partial charge in [-0.1, -0.05) is 6.42 Å². The highest BCUT2D eigenvalue weighted by Crippen LogP contribution is 2.44. The van der Waals surface area contributed by atoms with Gasteiger partial charge in [-0.05, 0) is 61.8 Å². The molecule has 3 rings (SSSR count). The molecule has 2 aliphatic carbocycles. The highest BCUT2D eigenvalue weighted by Gasteiger charge is 2.40. The molecular formula is C16H20N2O3. The SMILES string of the molecule is Cc1cc(NC(=O)NC2CC3CCC2C3)ccc1C(=O)O. The van der Waals surface area contributed by atoms with E-state index in [-0.39, 0.29) is 11.6 Å². The number of benzene rings is 1. The average molecular weight is 288 g/mol. The maximum atomic E-state index is 12.0. The molecule has 0 aromatic heterocycles.